The van der Waals surface area contributed by atoms with E-state index in [9.17, 15) is 14.7 Å². The summed E-state index contributed by atoms with van der Waals surface area (Å²) in [7, 11) is 3.18. The number of carbonyl (C=O) groups excluding carboxylic acids is 2. The van der Waals surface area contributed by atoms with Gasteiger partial charge in [-0.2, -0.15) is 0 Å². The van der Waals surface area contributed by atoms with Crippen LogP contribution in [0.4, 0.5) is 0 Å². The number of ether oxygens (including phenoxy) is 4. The lowest BCUT2D eigenvalue weighted by Crippen LogP contribution is -2.66. The fourth-order valence-corrected chi connectivity index (χ4v) is 5.20. The molecule has 1 heterocycles. The van der Waals surface area contributed by atoms with Gasteiger partial charge in [0.1, 0.15) is 0 Å². The maximum atomic E-state index is 13.6. The summed E-state index contributed by atoms with van der Waals surface area (Å²) in [4.78, 5) is 26.3. The molecule has 27 heavy (non-hydrogen) atoms. The van der Waals surface area contributed by atoms with Crippen LogP contribution in [0.3, 0.4) is 0 Å². The van der Waals surface area contributed by atoms with Crippen molar-refractivity contribution in [2.75, 3.05) is 20.8 Å². The van der Waals surface area contributed by atoms with Crippen molar-refractivity contribution in [3.63, 3.8) is 0 Å². The van der Waals surface area contributed by atoms with Gasteiger partial charge in [0, 0.05) is 27.1 Å². The Hall–Kier alpha value is -1.02. The van der Waals surface area contributed by atoms with E-state index in [2.05, 4.69) is 0 Å². The summed E-state index contributed by atoms with van der Waals surface area (Å²) in [5.74, 6) is -4.71. The first-order chi connectivity index (χ1) is 13.0. The summed E-state index contributed by atoms with van der Waals surface area (Å²) in [5, 5.41) is 11.3. The Balaban J connectivity index is 1.96. The quantitative estimate of drug-likeness (QED) is 0.723. The first-order valence-corrected chi connectivity index (χ1v) is 10.1. The molecule has 1 saturated heterocycles. The van der Waals surface area contributed by atoms with E-state index in [0.29, 0.717) is 12.8 Å². The van der Waals surface area contributed by atoms with Gasteiger partial charge in [-0.1, -0.05) is 19.3 Å². The van der Waals surface area contributed by atoms with Crippen molar-refractivity contribution < 1.29 is 33.6 Å². The number of Topliss-reactive ketones (excluding diaryl/α,β-unsaturated/α-hetero) is 1. The predicted molar refractivity (Wildman–Crippen MR) is 95.8 cm³/mol. The number of aliphatic hydroxyl groups is 1. The normalized spacial score (nSPS) is 40.4. The fourth-order valence-electron chi connectivity index (χ4n) is 5.20. The first-order valence-electron chi connectivity index (χ1n) is 10.1. The third-order valence-electron chi connectivity index (χ3n) is 6.50. The molecule has 0 radical (unpaired) electrons. The van der Waals surface area contributed by atoms with Gasteiger partial charge in [0.05, 0.1) is 36.8 Å². The minimum Gasteiger partial charge on any atom is -0.462 e. The third-order valence-corrected chi connectivity index (χ3v) is 6.50. The maximum absolute atomic E-state index is 13.6. The van der Waals surface area contributed by atoms with Crippen LogP contribution in [0.1, 0.15) is 51.9 Å². The van der Waals surface area contributed by atoms with Gasteiger partial charge >= 0.3 is 5.97 Å². The third kappa shape index (κ3) is 3.79. The number of esters is 1. The van der Waals surface area contributed by atoms with Crippen LogP contribution in [0, 0.1) is 17.8 Å². The van der Waals surface area contributed by atoms with Crippen LogP contribution in [-0.2, 0) is 28.5 Å². The van der Waals surface area contributed by atoms with E-state index in [-0.39, 0.29) is 30.5 Å². The molecule has 0 aromatic carbocycles. The highest BCUT2D eigenvalue weighted by molar-refractivity contribution is 5.93. The van der Waals surface area contributed by atoms with Crippen molar-refractivity contribution in [2.24, 2.45) is 17.8 Å². The van der Waals surface area contributed by atoms with Crippen LogP contribution < -0.4 is 0 Å². The zero-order valence-corrected chi connectivity index (χ0v) is 16.5. The van der Waals surface area contributed by atoms with Gasteiger partial charge in [-0.15, -0.1) is 0 Å². The highest BCUT2D eigenvalue weighted by Gasteiger charge is 2.63. The SMILES string of the molecule is CCOC(=O)C1(O)OC2CC(OC)CC(OC)C2C(=O)C1C1CCCCC1. The average molecular weight is 384 g/mol. The van der Waals surface area contributed by atoms with Gasteiger partial charge in [-0.25, -0.2) is 4.79 Å². The summed E-state index contributed by atoms with van der Waals surface area (Å²) < 4.78 is 22.2. The molecule has 0 amide bonds. The van der Waals surface area contributed by atoms with Gasteiger partial charge in [-0.05, 0) is 25.7 Å². The molecular formula is C20H32O7. The molecule has 0 aromatic heterocycles. The standard InChI is InChI=1S/C20H32O7/c1-4-26-19(22)20(23)17(12-8-6-5-7-9-12)18(21)16-14(25-3)10-13(24-2)11-15(16)27-20/h12-17,23H,4-11H2,1-3H3. The molecule has 2 saturated carbocycles. The summed E-state index contributed by atoms with van der Waals surface area (Å²) in [6.45, 7) is 1.79. The van der Waals surface area contributed by atoms with Crippen molar-refractivity contribution >= 4 is 11.8 Å². The Bertz CT molecular complexity index is 544. The highest BCUT2D eigenvalue weighted by atomic mass is 16.7. The lowest BCUT2D eigenvalue weighted by Gasteiger charge is -2.51. The second-order valence-corrected chi connectivity index (χ2v) is 7.98. The molecular weight excluding hydrogens is 352 g/mol. The molecule has 1 N–H and O–H groups in total. The van der Waals surface area contributed by atoms with Crippen LogP contribution in [-0.4, -0.2) is 61.8 Å². The van der Waals surface area contributed by atoms with E-state index in [1.165, 1.54) is 0 Å². The van der Waals surface area contributed by atoms with Gasteiger partial charge in [0.15, 0.2) is 5.78 Å². The van der Waals surface area contributed by atoms with E-state index in [1.54, 1.807) is 21.1 Å². The van der Waals surface area contributed by atoms with E-state index in [0.717, 1.165) is 32.1 Å². The van der Waals surface area contributed by atoms with Crippen molar-refractivity contribution in [3.8, 4) is 0 Å². The Kier molecular flexibility index (Phi) is 6.56. The Morgan fingerprint density at radius 1 is 1.19 bits per heavy atom. The lowest BCUT2D eigenvalue weighted by molar-refractivity contribution is -0.301. The zero-order valence-electron chi connectivity index (χ0n) is 16.5. The highest BCUT2D eigenvalue weighted by Crippen LogP contribution is 2.47. The Labute approximate surface area is 160 Å². The molecule has 7 nitrogen and oxygen atoms in total. The number of methoxy groups -OCH3 is 2. The van der Waals surface area contributed by atoms with Crippen molar-refractivity contribution in [1.82, 2.24) is 0 Å². The minimum atomic E-state index is -2.23. The van der Waals surface area contributed by atoms with E-state index in [4.69, 9.17) is 18.9 Å². The number of hydrogen-bond acceptors (Lipinski definition) is 7. The summed E-state index contributed by atoms with van der Waals surface area (Å²) in [5.41, 5.74) is 0. The summed E-state index contributed by atoms with van der Waals surface area (Å²) in [6, 6.07) is 0. The van der Waals surface area contributed by atoms with Crippen molar-refractivity contribution in [2.45, 2.75) is 76.0 Å². The molecule has 2 aliphatic carbocycles. The fraction of sp³-hybridized carbons (Fsp3) is 0.900. The molecule has 6 atom stereocenters. The Morgan fingerprint density at radius 3 is 2.48 bits per heavy atom. The second kappa shape index (κ2) is 8.55. The van der Waals surface area contributed by atoms with Crippen LogP contribution >= 0.6 is 0 Å². The van der Waals surface area contributed by atoms with Crippen LogP contribution in [0.5, 0.6) is 0 Å². The number of rotatable bonds is 5. The van der Waals surface area contributed by atoms with Crippen LogP contribution in [0.15, 0.2) is 0 Å². The van der Waals surface area contributed by atoms with Crippen LogP contribution in [0.25, 0.3) is 0 Å². The number of ketones is 1. The molecule has 154 valence electrons. The van der Waals surface area contributed by atoms with Gasteiger partial charge < -0.3 is 24.1 Å². The van der Waals surface area contributed by atoms with E-state index >= 15 is 0 Å². The first kappa shape index (κ1) is 20.7. The number of hydrogen-bond donors (Lipinski definition) is 1. The summed E-state index contributed by atoms with van der Waals surface area (Å²) >= 11 is 0. The molecule has 6 unspecified atom stereocenters. The second-order valence-electron chi connectivity index (χ2n) is 7.98. The largest absolute Gasteiger partial charge is 0.462 e. The zero-order chi connectivity index (χ0) is 19.6. The monoisotopic (exact) mass is 384 g/mol. The van der Waals surface area contributed by atoms with Crippen molar-refractivity contribution in [1.29, 1.82) is 0 Å². The average Bonchev–Trinajstić information content (AvgIpc) is 2.67. The molecule has 7 heteroatoms. The minimum absolute atomic E-state index is 0.0840. The number of carbonyl (C=O) groups is 2. The van der Waals surface area contributed by atoms with E-state index < -0.39 is 29.7 Å². The van der Waals surface area contributed by atoms with Gasteiger partial charge in [-0.3, -0.25) is 4.79 Å². The van der Waals surface area contributed by atoms with Gasteiger partial charge in [0.2, 0.25) is 0 Å². The van der Waals surface area contributed by atoms with E-state index in [1.807, 2.05) is 0 Å². The smallest absolute Gasteiger partial charge is 0.367 e. The number of fused-ring (bicyclic) bond motifs is 1. The molecule has 0 spiro atoms. The lowest BCUT2D eigenvalue weighted by atomic mass is 9.65. The van der Waals surface area contributed by atoms with Crippen molar-refractivity contribution in [3.05, 3.63) is 0 Å². The molecule has 1 aliphatic heterocycles. The predicted octanol–water partition coefficient (Wildman–Crippen LogP) is 1.84. The molecule has 3 aliphatic rings. The molecule has 0 aromatic rings. The van der Waals surface area contributed by atoms with Crippen LogP contribution in [0.2, 0.25) is 0 Å². The summed E-state index contributed by atoms with van der Waals surface area (Å²) in [6.07, 6.45) is 4.59. The van der Waals surface area contributed by atoms with Gasteiger partial charge in [0.25, 0.3) is 5.79 Å². The topological polar surface area (TPSA) is 91.3 Å². The molecule has 3 rings (SSSR count). The molecule has 0 bridgehead atoms. The maximum Gasteiger partial charge on any atom is 0.367 e. The Morgan fingerprint density at radius 2 is 1.89 bits per heavy atom. The molecule has 3 fully saturated rings.